The molecule has 0 radical (unpaired) electrons. The van der Waals surface area contributed by atoms with Gasteiger partial charge in [-0.25, -0.2) is 4.68 Å². The van der Waals surface area contributed by atoms with Crippen LogP contribution in [0, 0.1) is 6.92 Å². The van der Waals surface area contributed by atoms with Gasteiger partial charge < -0.3 is 14.8 Å². The van der Waals surface area contributed by atoms with Gasteiger partial charge >= 0.3 is 0 Å². The molecule has 130 valence electrons. The third kappa shape index (κ3) is 4.94. The first kappa shape index (κ1) is 17.7. The molecule has 0 aliphatic carbocycles. The minimum atomic E-state index is 0.0289. The summed E-state index contributed by atoms with van der Waals surface area (Å²) in [5.41, 5.74) is 1.08. The lowest BCUT2D eigenvalue weighted by atomic mass is 10.1. The van der Waals surface area contributed by atoms with Gasteiger partial charge in [-0.1, -0.05) is 6.07 Å². The van der Waals surface area contributed by atoms with Crippen molar-refractivity contribution in [3.63, 3.8) is 0 Å². The Morgan fingerprint density at radius 1 is 1.25 bits per heavy atom. The summed E-state index contributed by atoms with van der Waals surface area (Å²) in [6, 6.07) is 5.75. The second-order valence-corrected chi connectivity index (χ2v) is 5.34. The maximum atomic E-state index is 11.9. The lowest BCUT2D eigenvalue weighted by Crippen LogP contribution is -2.25. The molecule has 1 heterocycles. The summed E-state index contributed by atoms with van der Waals surface area (Å²) in [5, 5.41) is 14.1. The van der Waals surface area contributed by atoms with E-state index in [2.05, 4.69) is 20.8 Å². The third-order valence-electron chi connectivity index (χ3n) is 3.67. The Hall–Kier alpha value is -2.64. The number of benzene rings is 1. The number of hydrogen-bond acceptors (Lipinski definition) is 6. The molecule has 1 aromatic heterocycles. The summed E-state index contributed by atoms with van der Waals surface area (Å²) in [7, 11) is 3.21. The number of rotatable bonds is 9. The van der Waals surface area contributed by atoms with Crippen LogP contribution in [0.1, 0.15) is 24.2 Å². The molecule has 0 spiro atoms. The molecule has 0 fully saturated rings. The Morgan fingerprint density at radius 3 is 2.71 bits per heavy atom. The van der Waals surface area contributed by atoms with E-state index in [0.717, 1.165) is 17.8 Å². The van der Waals surface area contributed by atoms with Gasteiger partial charge in [0.15, 0.2) is 11.5 Å². The monoisotopic (exact) mass is 333 g/mol. The number of aryl methyl sites for hydroxylation is 2. The number of nitrogens with one attached hydrogen (secondary N) is 1. The van der Waals surface area contributed by atoms with Crippen molar-refractivity contribution >= 4 is 5.91 Å². The molecule has 0 unspecified atom stereocenters. The van der Waals surface area contributed by atoms with Crippen LogP contribution in [0.15, 0.2) is 18.2 Å². The molecule has 8 heteroatoms. The summed E-state index contributed by atoms with van der Waals surface area (Å²) in [4.78, 5) is 11.9. The molecule has 8 nitrogen and oxygen atoms in total. The van der Waals surface area contributed by atoms with Gasteiger partial charge in [0, 0.05) is 19.5 Å². The van der Waals surface area contributed by atoms with E-state index in [4.69, 9.17) is 9.47 Å². The zero-order chi connectivity index (χ0) is 17.4. The molecule has 2 aromatic rings. The van der Waals surface area contributed by atoms with Gasteiger partial charge in [0.05, 0.1) is 14.2 Å². The fourth-order valence-electron chi connectivity index (χ4n) is 2.32. The topological polar surface area (TPSA) is 91.2 Å². The summed E-state index contributed by atoms with van der Waals surface area (Å²) in [5.74, 6) is 2.17. The summed E-state index contributed by atoms with van der Waals surface area (Å²) in [6.45, 7) is 3.06. The van der Waals surface area contributed by atoms with Gasteiger partial charge in [0.25, 0.3) is 0 Å². The van der Waals surface area contributed by atoms with Crippen LogP contribution in [0.4, 0.5) is 0 Å². The zero-order valence-electron chi connectivity index (χ0n) is 14.3. The van der Waals surface area contributed by atoms with Crippen LogP contribution in [0.2, 0.25) is 0 Å². The van der Waals surface area contributed by atoms with Crippen LogP contribution in [0.25, 0.3) is 0 Å². The van der Waals surface area contributed by atoms with Crippen molar-refractivity contribution in [3.8, 4) is 11.5 Å². The molecule has 0 atom stereocenters. The van der Waals surface area contributed by atoms with Gasteiger partial charge in [-0.3, -0.25) is 4.79 Å². The van der Waals surface area contributed by atoms with E-state index < -0.39 is 0 Å². The van der Waals surface area contributed by atoms with Crippen LogP contribution >= 0.6 is 0 Å². The molecule has 2 rings (SSSR count). The van der Waals surface area contributed by atoms with E-state index in [1.165, 1.54) is 0 Å². The Bertz CT molecular complexity index is 671. The van der Waals surface area contributed by atoms with Gasteiger partial charge in [0.1, 0.15) is 5.82 Å². The Kier molecular flexibility index (Phi) is 6.53. The maximum absolute atomic E-state index is 11.9. The van der Waals surface area contributed by atoms with Crippen molar-refractivity contribution in [2.75, 3.05) is 20.8 Å². The lowest BCUT2D eigenvalue weighted by molar-refractivity contribution is -0.121. The lowest BCUT2D eigenvalue weighted by Gasteiger charge is -2.10. The quantitative estimate of drug-likeness (QED) is 0.740. The second-order valence-electron chi connectivity index (χ2n) is 5.34. The van der Waals surface area contributed by atoms with E-state index in [1.54, 1.807) is 18.9 Å². The van der Waals surface area contributed by atoms with Crippen molar-refractivity contribution in [1.82, 2.24) is 25.5 Å². The Morgan fingerprint density at radius 2 is 2.04 bits per heavy atom. The highest BCUT2D eigenvalue weighted by Gasteiger charge is 2.06. The molecule has 1 amide bonds. The van der Waals surface area contributed by atoms with Crippen molar-refractivity contribution in [3.05, 3.63) is 29.6 Å². The summed E-state index contributed by atoms with van der Waals surface area (Å²) in [6.07, 6.45) is 1.89. The van der Waals surface area contributed by atoms with Gasteiger partial charge in [0.2, 0.25) is 5.91 Å². The highest BCUT2D eigenvalue weighted by atomic mass is 16.5. The van der Waals surface area contributed by atoms with E-state index in [1.807, 2.05) is 25.1 Å². The van der Waals surface area contributed by atoms with Crippen LogP contribution in [-0.2, 0) is 17.8 Å². The van der Waals surface area contributed by atoms with Crippen molar-refractivity contribution < 1.29 is 14.3 Å². The predicted molar refractivity (Wildman–Crippen MR) is 88.0 cm³/mol. The fraction of sp³-hybridized carbons (Fsp3) is 0.500. The van der Waals surface area contributed by atoms with Crippen LogP contribution in [0.3, 0.4) is 0 Å². The second kappa shape index (κ2) is 8.85. The fourth-order valence-corrected chi connectivity index (χ4v) is 2.32. The first-order valence-electron chi connectivity index (χ1n) is 7.84. The molecule has 0 aliphatic heterocycles. The smallest absolute Gasteiger partial charge is 0.220 e. The molecule has 0 bridgehead atoms. The minimum Gasteiger partial charge on any atom is -0.493 e. The van der Waals surface area contributed by atoms with Crippen molar-refractivity contribution in [1.29, 1.82) is 0 Å². The Labute approximate surface area is 141 Å². The van der Waals surface area contributed by atoms with Crippen molar-refractivity contribution in [2.45, 2.75) is 32.7 Å². The Balaban J connectivity index is 1.69. The molecular weight excluding hydrogens is 310 g/mol. The number of aromatic nitrogens is 4. The maximum Gasteiger partial charge on any atom is 0.220 e. The van der Waals surface area contributed by atoms with Crippen LogP contribution < -0.4 is 14.8 Å². The summed E-state index contributed by atoms with van der Waals surface area (Å²) >= 11 is 0. The van der Waals surface area contributed by atoms with Crippen LogP contribution in [0.5, 0.6) is 11.5 Å². The predicted octanol–water partition coefficient (Wildman–Crippen LogP) is 1.14. The number of hydrogen-bond donors (Lipinski definition) is 1. The first-order valence-corrected chi connectivity index (χ1v) is 7.84. The van der Waals surface area contributed by atoms with Gasteiger partial charge in [-0.15, -0.1) is 5.10 Å². The molecular formula is C16H23N5O3. The average Bonchev–Trinajstić information content (AvgIpc) is 3.00. The average molecular weight is 333 g/mol. The third-order valence-corrected chi connectivity index (χ3v) is 3.67. The largest absolute Gasteiger partial charge is 0.493 e. The van der Waals surface area contributed by atoms with E-state index in [-0.39, 0.29) is 5.91 Å². The number of methoxy groups -OCH3 is 2. The number of carbonyl (C=O) groups is 1. The van der Waals surface area contributed by atoms with E-state index in [0.29, 0.717) is 37.4 Å². The molecule has 1 N–H and O–H groups in total. The molecule has 0 saturated heterocycles. The number of nitrogens with zero attached hydrogens (tertiary/aromatic N) is 4. The SMILES string of the molecule is COc1ccc(CCNC(=O)CCCn2nnnc2C)cc1OC. The number of amides is 1. The molecule has 1 aromatic carbocycles. The van der Waals surface area contributed by atoms with Crippen LogP contribution in [-0.4, -0.2) is 46.9 Å². The van der Waals surface area contributed by atoms with E-state index >= 15 is 0 Å². The standard InChI is InChI=1S/C16H23N5O3/c1-12-18-19-20-21(12)10-4-5-16(22)17-9-8-13-6-7-14(23-2)15(11-13)24-3/h6-7,11H,4-5,8-10H2,1-3H3,(H,17,22). The number of tetrazole rings is 1. The minimum absolute atomic E-state index is 0.0289. The molecule has 0 aliphatic rings. The zero-order valence-corrected chi connectivity index (χ0v) is 14.3. The highest BCUT2D eigenvalue weighted by Crippen LogP contribution is 2.27. The summed E-state index contributed by atoms with van der Waals surface area (Å²) < 4.78 is 12.2. The first-order chi connectivity index (χ1) is 11.6. The van der Waals surface area contributed by atoms with Crippen molar-refractivity contribution in [2.24, 2.45) is 0 Å². The van der Waals surface area contributed by atoms with Gasteiger partial charge in [-0.05, 0) is 47.9 Å². The van der Waals surface area contributed by atoms with E-state index in [9.17, 15) is 4.79 Å². The highest BCUT2D eigenvalue weighted by molar-refractivity contribution is 5.75. The number of ether oxygens (including phenoxy) is 2. The molecule has 0 saturated carbocycles. The van der Waals surface area contributed by atoms with Gasteiger partial charge in [-0.2, -0.15) is 0 Å². The molecule has 24 heavy (non-hydrogen) atoms. The normalized spacial score (nSPS) is 10.5. The number of carbonyl (C=O) groups excluding carboxylic acids is 1.